The molecule has 0 saturated carbocycles. The second-order valence-corrected chi connectivity index (χ2v) is 5.28. The molecular weight excluding hydrogens is 295 g/mol. The molecule has 5 heteroatoms. The van der Waals surface area contributed by atoms with Crippen molar-refractivity contribution in [3.05, 3.63) is 83.2 Å². The summed E-state index contributed by atoms with van der Waals surface area (Å²) in [5.41, 5.74) is 3.04. The SMILES string of the molecule is COc1ccc(Cc2ccc[nH]2)c([C@@H](O)c2cncc(F)c2)c1. The van der Waals surface area contributed by atoms with Crippen LogP contribution in [-0.4, -0.2) is 22.2 Å². The van der Waals surface area contributed by atoms with Crippen molar-refractivity contribution in [2.75, 3.05) is 7.11 Å². The molecule has 0 radical (unpaired) electrons. The zero-order chi connectivity index (χ0) is 16.2. The van der Waals surface area contributed by atoms with Gasteiger partial charge in [0.25, 0.3) is 0 Å². The molecule has 0 saturated heterocycles. The van der Waals surface area contributed by atoms with Gasteiger partial charge in [0.15, 0.2) is 0 Å². The van der Waals surface area contributed by atoms with E-state index in [0.717, 1.165) is 17.5 Å². The summed E-state index contributed by atoms with van der Waals surface area (Å²) in [7, 11) is 1.57. The van der Waals surface area contributed by atoms with Gasteiger partial charge in [-0.15, -0.1) is 0 Å². The van der Waals surface area contributed by atoms with Crippen LogP contribution in [0, 0.1) is 5.82 Å². The smallest absolute Gasteiger partial charge is 0.141 e. The van der Waals surface area contributed by atoms with Crippen molar-refractivity contribution in [3.63, 3.8) is 0 Å². The van der Waals surface area contributed by atoms with Crippen molar-refractivity contribution in [2.45, 2.75) is 12.5 Å². The number of aromatic nitrogens is 2. The number of H-pyrrole nitrogens is 1. The van der Waals surface area contributed by atoms with Gasteiger partial charge in [-0.1, -0.05) is 6.07 Å². The van der Waals surface area contributed by atoms with Crippen LogP contribution in [0.1, 0.15) is 28.5 Å². The molecule has 0 amide bonds. The normalized spacial score (nSPS) is 12.1. The zero-order valence-corrected chi connectivity index (χ0v) is 12.7. The van der Waals surface area contributed by atoms with E-state index in [1.807, 2.05) is 30.5 Å². The van der Waals surface area contributed by atoms with E-state index in [0.29, 0.717) is 23.3 Å². The summed E-state index contributed by atoms with van der Waals surface area (Å²) >= 11 is 0. The van der Waals surface area contributed by atoms with Crippen molar-refractivity contribution in [1.82, 2.24) is 9.97 Å². The number of ether oxygens (including phenoxy) is 1. The van der Waals surface area contributed by atoms with Crippen LogP contribution in [0.15, 0.2) is 55.0 Å². The van der Waals surface area contributed by atoms with Crippen molar-refractivity contribution >= 4 is 0 Å². The molecule has 1 aromatic carbocycles. The van der Waals surface area contributed by atoms with Crippen LogP contribution in [0.2, 0.25) is 0 Å². The van der Waals surface area contributed by atoms with E-state index >= 15 is 0 Å². The lowest BCUT2D eigenvalue weighted by Gasteiger charge is -2.17. The molecule has 3 aromatic rings. The standard InChI is InChI=1S/C18H17FN2O2/c1-23-16-5-4-12(8-15-3-2-6-21-15)17(9-16)18(22)13-7-14(19)11-20-10-13/h2-7,9-11,18,21-22H,8H2,1H3/t18-/m0/s1. The van der Waals surface area contributed by atoms with Crippen LogP contribution in [0.25, 0.3) is 0 Å². The van der Waals surface area contributed by atoms with Crippen molar-refractivity contribution in [1.29, 1.82) is 0 Å². The molecule has 2 aromatic heterocycles. The third-order valence-electron chi connectivity index (χ3n) is 3.73. The fourth-order valence-corrected chi connectivity index (χ4v) is 2.56. The Hall–Kier alpha value is -2.66. The summed E-state index contributed by atoms with van der Waals surface area (Å²) in [5.74, 6) is 0.161. The van der Waals surface area contributed by atoms with Gasteiger partial charge in [-0.3, -0.25) is 4.98 Å². The molecule has 0 unspecified atom stereocenters. The Bertz CT molecular complexity index is 787. The first-order valence-corrected chi connectivity index (χ1v) is 7.25. The molecule has 0 aliphatic rings. The van der Waals surface area contributed by atoms with Crippen LogP contribution in [-0.2, 0) is 6.42 Å². The van der Waals surface area contributed by atoms with Gasteiger partial charge >= 0.3 is 0 Å². The summed E-state index contributed by atoms with van der Waals surface area (Å²) in [5, 5.41) is 10.7. The fourth-order valence-electron chi connectivity index (χ4n) is 2.56. The van der Waals surface area contributed by atoms with Gasteiger partial charge in [-0.2, -0.15) is 0 Å². The molecule has 3 rings (SSSR count). The van der Waals surface area contributed by atoms with E-state index in [1.54, 1.807) is 13.2 Å². The highest BCUT2D eigenvalue weighted by Gasteiger charge is 2.17. The van der Waals surface area contributed by atoms with Gasteiger partial charge in [0.2, 0.25) is 0 Å². The molecule has 118 valence electrons. The van der Waals surface area contributed by atoms with Crippen LogP contribution < -0.4 is 4.74 Å². The van der Waals surface area contributed by atoms with E-state index in [2.05, 4.69) is 9.97 Å². The minimum Gasteiger partial charge on any atom is -0.497 e. The Labute approximate surface area is 133 Å². The highest BCUT2D eigenvalue weighted by Crippen LogP contribution is 2.29. The Morgan fingerprint density at radius 2 is 2.13 bits per heavy atom. The number of rotatable bonds is 5. The van der Waals surface area contributed by atoms with Gasteiger partial charge in [-0.25, -0.2) is 4.39 Å². The summed E-state index contributed by atoms with van der Waals surface area (Å²) in [6.07, 6.45) is 4.09. The number of hydrogen-bond donors (Lipinski definition) is 2. The summed E-state index contributed by atoms with van der Waals surface area (Å²) in [6, 6.07) is 10.7. The molecule has 0 fully saturated rings. The van der Waals surface area contributed by atoms with E-state index in [1.165, 1.54) is 12.3 Å². The van der Waals surface area contributed by atoms with E-state index in [-0.39, 0.29) is 0 Å². The number of nitrogens with zero attached hydrogens (tertiary/aromatic N) is 1. The van der Waals surface area contributed by atoms with Gasteiger partial charge in [0.1, 0.15) is 17.7 Å². The molecular formula is C18H17FN2O2. The Balaban J connectivity index is 2.01. The Morgan fingerprint density at radius 3 is 2.83 bits per heavy atom. The number of aliphatic hydroxyl groups excluding tert-OH is 1. The first-order chi connectivity index (χ1) is 11.2. The lowest BCUT2D eigenvalue weighted by Crippen LogP contribution is -2.06. The molecule has 0 spiro atoms. The predicted octanol–water partition coefficient (Wildman–Crippen LogP) is 3.23. The monoisotopic (exact) mass is 312 g/mol. The minimum absolute atomic E-state index is 0.408. The predicted molar refractivity (Wildman–Crippen MR) is 84.8 cm³/mol. The van der Waals surface area contributed by atoms with E-state index in [9.17, 15) is 9.50 Å². The molecule has 0 bridgehead atoms. The lowest BCUT2D eigenvalue weighted by molar-refractivity contribution is 0.217. The highest BCUT2D eigenvalue weighted by atomic mass is 19.1. The second-order valence-electron chi connectivity index (χ2n) is 5.28. The largest absolute Gasteiger partial charge is 0.497 e. The zero-order valence-electron chi connectivity index (χ0n) is 12.7. The quantitative estimate of drug-likeness (QED) is 0.760. The van der Waals surface area contributed by atoms with Crippen molar-refractivity contribution < 1.29 is 14.2 Å². The molecule has 1 atom stereocenters. The number of nitrogens with one attached hydrogen (secondary N) is 1. The molecule has 0 aliphatic carbocycles. The van der Waals surface area contributed by atoms with E-state index < -0.39 is 11.9 Å². The fraction of sp³-hybridized carbons (Fsp3) is 0.167. The molecule has 2 N–H and O–H groups in total. The maximum absolute atomic E-state index is 13.4. The first kappa shape index (κ1) is 15.2. The van der Waals surface area contributed by atoms with Gasteiger partial charge in [0.05, 0.1) is 13.3 Å². The third-order valence-corrected chi connectivity index (χ3v) is 3.73. The number of hydrogen-bond acceptors (Lipinski definition) is 3. The molecule has 2 heterocycles. The van der Waals surface area contributed by atoms with E-state index in [4.69, 9.17) is 4.74 Å². The number of pyridine rings is 1. The van der Waals surface area contributed by atoms with Crippen LogP contribution in [0.3, 0.4) is 0 Å². The average molecular weight is 312 g/mol. The number of methoxy groups -OCH3 is 1. The van der Waals surface area contributed by atoms with Crippen LogP contribution >= 0.6 is 0 Å². The maximum Gasteiger partial charge on any atom is 0.141 e. The Kier molecular flexibility index (Phi) is 4.39. The number of aromatic amines is 1. The topological polar surface area (TPSA) is 58.1 Å². The third kappa shape index (κ3) is 3.40. The van der Waals surface area contributed by atoms with Gasteiger partial charge in [0, 0.05) is 30.1 Å². The Morgan fingerprint density at radius 1 is 1.26 bits per heavy atom. The molecule has 4 nitrogen and oxygen atoms in total. The summed E-state index contributed by atoms with van der Waals surface area (Å²) in [4.78, 5) is 6.95. The first-order valence-electron chi connectivity index (χ1n) is 7.25. The summed E-state index contributed by atoms with van der Waals surface area (Å²) < 4.78 is 18.6. The van der Waals surface area contributed by atoms with Gasteiger partial charge < -0.3 is 14.8 Å². The molecule has 0 aliphatic heterocycles. The van der Waals surface area contributed by atoms with Crippen LogP contribution in [0.5, 0.6) is 5.75 Å². The number of halogens is 1. The summed E-state index contributed by atoms with van der Waals surface area (Å²) in [6.45, 7) is 0. The number of aliphatic hydroxyl groups is 1. The molecule has 23 heavy (non-hydrogen) atoms. The van der Waals surface area contributed by atoms with Gasteiger partial charge in [-0.05, 0) is 41.5 Å². The average Bonchev–Trinajstić information content (AvgIpc) is 3.07. The number of benzene rings is 1. The van der Waals surface area contributed by atoms with Crippen molar-refractivity contribution in [2.24, 2.45) is 0 Å². The van der Waals surface area contributed by atoms with Crippen LogP contribution in [0.4, 0.5) is 4.39 Å². The second kappa shape index (κ2) is 6.62. The maximum atomic E-state index is 13.4. The minimum atomic E-state index is -0.974. The van der Waals surface area contributed by atoms with Crippen molar-refractivity contribution in [3.8, 4) is 5.75 Å². The highest BCUT2D eigenvalue weighted by molar-refractivity contribution is 5.42. The lowest BCUT2D eigenvalue weighted by atomic mass is 9.95.